The molecule has 0 aromatic heterocycles. The number of rotatable bonds is 3. The summed E-state index contributed by atoms with van der Waals surface area (Å²) >= 11 is 0. The van der Waals surface area contributed by atoms with Crippen LogP contribution in [0.25, 0.3) is 5.57 Å². The van der Waals surface area contributed by atoms with Gasteiger partial charge in [0.1, 0.15) is 0 Å². The summed E-state index contributed by atoms with van der Waals surface area (Å²) in [6, 6.07) is 8.01. The number of nitrogen functional groups attached to an aromatic ring is 1. The highest BCUT2D eigenvalue weighted by Gasteiger charge is 2.07. The Morgan fingerprint density at radius 1 is 1.27 bits per heavy atom. The first-order valence-corrected chi connectivity index (χ1v) is 5.34. The van der Waals surface area contributed by atoms with Gasteiger partial charge in [-0.3, -0.25) is 0 Å². The van der Waals surface area contributed by atoms with Crippen molar-refractivity contribution in [3.8, 4) is 0 Å². The van der Waals surface area contributed by atoms with E-state index in [-0.39, 0.29) is 0 Å². The van der Waals surface area contributed by atoms with E-state index in [0.717, 1.165) is 11.3 Å². The first-order chi connectivity index (χ1) is 7.16. The maximum atomic E-state index is 5.97. The molecule has 1 nitrogen and oxygen atoms in total. The molecule has 1 aromatic carbocycles. The third kappa shape index (κ3) is 2.98. The Bertz CT molecular complexity index is 373. The summed E-state index contributed by atoms with van der Waals surface area (Å²) in [5.41, 5.74) is 9.24. The van der Waals surface area contributed by atoms with Crippen LogP contribution in [-0.2, 0) is 0 Å². The van der Waals surface area contributed by atoms with Crippen LogP contribution in [0.3, 0.4) is 0 Å². The molecular formula is C14H19N. The van der Waals surface area contributed by atoms with Gasteiger partial charge in [-0.25, -0.2) is 0 Å². The molecule has 1 heteroatoms. The molecule has 0 saturated carbocycles. The van der Waals surface area contributed by atoms with Crippen LogP contribution in [0, 0.1) is 5.92 Å². The van der Waals surface area contributed by atoms with Gasteiger partial charge in [0.25, 0.3) is 0 Å². The van der Waals surface area contributed by atoms with E-state index in [1.165, 1.54) is 5.57 Å². The molecule has 1 rings (SSSR count). The van der Waals surface area contributed by atoms with Gasteiger partial charge in [0.15, 0.2) is 0 Å². The Labute approximate surface area is 92.3 Å². The lowest BCUT2D eigenvalue weighted by molar-refractivity contribution is 0.856. The third-order valence-electron chi connectivity index (χ3n) is 2.36. The van der Waals surface area contributed by atoms with Crippen molar-refractivity contribution in [2.75, 3.05) is 5.73 Å². The van der Waals surface area contributed by atoms with Crippen LogP contribution in [0.15, 0.2) is 42.5 Å². The zero-order chi connectivity index (χ0) is 11.3. The molecule has 0 bridgehead atoms. The summed E-state index contributed by atoms with van der Waals surface area (Å²) in [6.07, 6.45) is 6.22. The first kappa shape index (κ1) is 11.6. The fourth-order valence-corrected chi connectivity index (χ4v) is 1.55. The van der Waals surface area contributed by atoms with Crippen molar-refractivity contribution in [2.24, 2.45) is 5.92 Å². The second-order valence-corrected chi connectivity index (χ2v) is 3.89. The summed E-state index contributed by atoms with van der Waals surface area (Å²) in [5, 5.41) is 0. The van der Waals surface area contributed by atoms with Crippen LogP contribution in [-0.4, -0.2) is 0 Å². The van der Waals surface area contributed by atoms with Crippen LogP contribution in [0.1, 0.15) is 26.3 Å². The lowest BCUT2D eigenvalue weighted by Gasteiger charge is -2.13. The zero-order valence-corrected chi connectivity index (χ0v) is 9.70. The Kier molecular flexibility index (Phi) is 4.17. The van der Waals surface area contributed by atoms with Crippen LogP contribution < -0.4 is 5.73 Å². The number of para-hydroxylation sites is 1. The second-order valence-electron chi connectivity index (χ2n) is 3.89. The van der Waals surface area contributed by atoms with Gasteiger partial charge < -0.3 is 5.73 Å². The van der Waals surface area contributed by atoms with Crippen molar-refractivity contribution in [1.82, 2.24) is 0 Å². The van der Waals surface area contributed by atoms with Gasteiger partial charge in [-0.05, 0) is 24.5 Å². The fraction of sp³-hybridized carbons (Fsp3) is 0.286. The maximum absolute atomic E-state index is 5.97. The molecule has 80 valence electrons. The van der Waals surface area contributed by atoms with E-state index in [1.54, 1.807) is 0 Å². The topological polar surface area (TPSA) is 26.0 Å². The average molecular weight is 201 g/mol. The zero-order valence-electron chi connectivity index (χ0n) is 9.70. The summed E-state index contributed by atoms with van der Waals surface area (Å²) in [5.74, 6) is 0.478. The Morgan fingerprint density at radius 3 is 2.47 bits per heavy atom. The molecule has 0 aliphatic heterocycles. The molecule has 0 aliphatic rings. The normalized spacial score (nSPS) is 12.7. The number of anilines is 1. The summed E-state index contributed by atoms with van der Waals surface area (Å²) in [7, 11) is 0. The molecular weight excluding hydrogens is 182 g/mol. The molecule has 0 fully saturated rings. The van der Waals surface area contributed by atoms with E-state index in [4.69, 9.17) is 5.73 Å². The number of allylic oxidation sites excluding steroid dienone is 4. The molecule has 0 spiro atoms. The number of hydrogen-bond acceptors (Lipinski definition) is 1. The average Bonchev–Trinajstić information content (AvgIpc) is 2.20. The van der Waals surface area contributed by atoms with Crippen molar-refractivity contribution in [3.05, 3.63) is 48.1 Å². The minimum Gasteiger partial charge on any atom is -0.398 e. The SMILES string of the molecule is C/C=C\C=C(/c1ccccc1N)C(C)C. The van der Waals surface area contributed by atoms with Gasteiger partial charge >= 0.3 is 0 Å². The Balaban J connectivity index is 3.16. The van der Waals surface area contributed by atoms with Crippen molar-refractivity contribution >= 4 is 11.3 Å². The summed E-state index contributed by atoms with van der Waals surface area (Å²) in [6.45, 7) is 6.38. The van der Waals surface area contributed by atoms with Crippen LogP contribution in [0.4, 0.5) is 5.69 Å². The third-order valence-corrected chi connectivity index (χ3v) is 2.36. The predicted molar refractivity (Wildman–Crippen MR) is 68.5 cm³/mol. The van der Waals surface area contributed by atoms with E-state index in [1.807, 2.05) is 31.2 Å². The van der Waals surface area contributed by atoms with E-state index >= 15 is 0 Å². The van der Waals surface area contributed by atoms with E-state index in [0.29, 0.717) is 5.92 Å². The van der Waals surface area contributed by atoms with Crippen molar-refractivity contribution in [1.29, 1.82) is 0 Å². The Hall–Kier alpha value is -1.50. The lowest BCUT2D eigenvalue weighted by Crippen LogP contribution is -1.98. The molecule has 2 N–H and O–H groups in total. The fourth-order valence-electron chi connectivity index (χ4n) is 1.55. The summed E-state index contributed by atoms with van der Waals surface area (Å²) in [4.78, 5) is 0. The first-order valence-electron chi connectivity index (χ1n) is 5.34. The van der Waals surface area contributed by atoms with Gasteiger partial charge in [0.2, 0.25) is 0 Å². The molecule has 0 unspecified atom stereocenters. The molecule has 0 atom stereocenters. The number of benzene rings is 1. The van der Waals surface area contributed by atoms with Gasteiger partial charge in [-0.1, -0.05) is 50.3 Å². The molecule has 0 saturated heterocycles. The van der Waals surface area contributed by atoms with Gasteiger partial charge in [0.05, 0.1) is 0 Å². The van der Waals surface area contributed by atoms with Gasteiger partial charge in [-0.2, -0.15) is 0 Å². The summed E-state index contributed by atoms with van der Waals surface area (Å²) < 4.78 is 0. The smallest absolute Gasteiger partial charge is 0.0390 e. The van der Waals surface area contributed by atoms with Crippen molar-refractivity contribution in [2.45, 2.75) is 20.8 Å². The lowest BCUT2D eigenvalue weighted by atomic mass is 9.93. The highest BCUT2D eigenvalue weighted by molar-refractivity contribution is 5.76. The molecule has 0 aliphatic carbocycles. The molecule has 0 amide bonds. The second kappa shape index (κ2) is 5.40. The van der Waals surface area contributed by atoms with Crippen molar-refractivity contribution in [3.63, 3.8) is 0 Å². The molecule has 1 aromatic rings. The van der Waals surface area contributed by atoms with E-state index in [2.05, 4.69) is 32.1 Å². The molecule has 0 heterocycles. The van der Waals surface area contributed by atoms with Gasteiger partial charge in [-0.15, -0.1) is 0 Å². The minimum atomic E-state index is 0.478. The van der Waals surface area contributed by atoms with Crippen LogP contribution >= 0.6 is 0 Å². The molecule has 0 radical (unpaired) electrons. The Morgan fingerprint density at radius 2 is 1.93 bits per heavy atom. The monoisotopic (exact) mass is 201 g/mol. The number of hydrogen-bond donors (Lipinski definition) is 1. The van der Waals surface area contributed by atoms with E-state index < -0.39 is 0 Å². The van der Waals surface area contributed by atoms with Gasteiger partial charge in [0, 0.05) is 11.3 Å². The predicted octanol–water partition coefficient (Wildman–Crippen LogP) is 3.88. The van der Waals surface area contributed by atoms with Crippen LogP contribution in [0.2, 0.25) is 0 Å². The minimum absolute atomic E-state index is 0.478. The highest BCUT2D eigenvalue weighted by Crippen LogP contribution is 2.27. The van der Waals surface area contributed by atoms with Crippen LogP contribution in [0.5, 0.6) is 0 Å². The number of nitrogens with two attached hydrogens (primary N) is 1. The van der Waals surface area contributed by atoms with E-state index in [9.17, 15) is 0 Å². The highest BCUT2D eigenvalue weighted by atomic mass is 14.6. The molecule has 15 heavy (non-hydrogen) atoms. The quantitative estimate of drug-likeness (QED) is 0.583. The van der Waals surface area contributed by atoms with Crippen molar-refractivity contribution < 1.29 is 0 Å². The largest absolute Gasteiger partial charge is 0.398 e. The standard InChI is InChI=1S/C14H19N/c1-4-5-8-12(11(2)3)13-9-6-7-10-14(13)15/h4-11H,15H2,1-3H3/b5-4-,12-8-. The maximum Gasteiger partial charge on any atom is 0.0390 e.